The van der Waals surface area contributed by atoms with Crippen LogP contribution in [0.3, 0.4) is 0 Å². The smallest absolute Gasteiger partial charge is 0.368 e. The lowest BCUT2D eigenvalue weighted by atomic mass is 9.99. The Morgan fingerprint density at radius 1 is 1.06 bits per heavy atom. The molecule has 0 radical (unpaired) electrons. The molecule has 0 bridgehead atoms. The van der Waals surface area contributed by atoms with E-state index in [1.165, 1.54) is 12.1 Å². The van der Waals surface area contributed by atoms with Gasteiger partial charge in [0.1, 0.15) is 10.6 Å². The maximum Gasteiger partial charge on any atom is 0.368 e. The van der Waals surface area contributed by atoms with Gasteiger partial charge < -0.3 is 13.8 Å². The Balaban J connectivity index is 1.79. The number of ether oxygens (including phenoxy) is 1. The molecule has 0 N–H and O–H groups in total. The summed E-state index contributed by atoms with van der Waals surface area (Å²) >= 11 is 0. The zero-order valence-corrected chi connectivity index (χ0v) is 20.7. The molecule has 0 saturated carbocycles. The van der Waals surface area contributed by atoms with E-state index in [1.807, 2.05) is 37.3 Å². The number of hydrogen-bond donors (Lipinski definition) is 0. The SMILES string of the molecule is C=CCc1cc(/C=C2\C(=O)ON=C2c2ccccc2)cc(OCC)c1OS(=O)(=O)c1ccc(C)cc1. The Morgan fingerprint density at radius 3 is 2.44 bits per heavy atom. The molecule has 0 spiro atoms. The largest absolute Gasteiger partial charge is 0.490 e. The van der Waals surface area contributed by atoms with Gasteiger partial charge in [-0.05, 0) is 56.2 Å². The monoisotopic (exact) mass is 503 g/mol. The van der Waals surface area contributed by atoms with Crippen LogP contribution in [0.4, 0.5) is 0 Å². The van der Waals surface area contributed by atoms with Crippen LogP contribution in [0, 0.1) is 6.92 Å². The Morgan fingerprint density at radius 2 is 1.78 bits per heavy atom. The third-order valence-corrected chi connectivity index (χ3v) is 6.61. The number of hydrogen-bond acceptors (Lipinski definition) is 7. The number of aryl methyl sites for hydroxylation is 1. The second-order valence-corrected chi connectivity index (χ2v) is 9.57. The van der Waals surface area contributed by atoms with Crippen molar-refractivity contribution < 1.29 is 27.0 Å². The lowest BCUT2D eigenvalue weighted by Crippen LogP contribution is -2.12. The van der Waals surface area contributed by atoms with Gasteiger partial charge in [0.2, 0.25) is 0 Å². The Kier molecular flexibility index (Phi) is 7.36. The summed E-state index contributed by atoms with van der Waals surface area (Å²) in [4.78, 5) is 17.4. The highest BCUT2D eigenvalue weighted by Crippen LogP contribution is 2.37. The fourth-order valence-electron chi connectivity index (χ4n) is 3.67. The molecular weight excluding hydrogens is 478 g/mol. The van der Waals surface area contributed by atoms with Gasteiger partial charge in [-0.3, -0.25) is 0 Å². The van der Waals surface area contributed by atoms with Crippen molar-refractivity contribution in [2.45, 2.75) is 25.2 Å². The number of allylic oxidation sites excluding steroid dienone is 1. The molecule has 0 unspecified atom stereocenters. The average Bonchev–Trinajstić information content (AvgIpc) is 3.22. The van der Waals surface area contributed by atoms with Crippen molar-refractivity contribution in [2.75, 3.05) is 6.61 Å². The van der Waals surface area contributed by atoms with Gasteiger partial charge in [-0.1, -0.05) is 59.3 Å². The average molecular weight is 504 g/mol. The molecule has 36 heavy (non-hydrogen) atoms. The van der Waals surface area contributed by atoms with Crippen LogP contribution in [0.15, 0.2) is 95.0 Å². The van der Waals surface area contributed by atoms with Crippen molar-refractivity contribution in [1.82, 2.24) is 0 Å². The first-order valence-corrected chi connectivity index (χ1v) is 12.7. The number of oxime groups is 1. The molecule has 1 aliphatic rings. The molecule has 3 aromatic carbocycles. The first-order chi connectivity index (χ1) is 17.3. The molecular formula is C28H25NO6S. The number of carbonyl (C=O) groups is 1. The van der Waals surface area contributed by atoms with E-state index in [0.29, 0.717) is 23.3 Å². The second-order valence-electron chi connectivity index (χ2n) is 8.03. The van der Waals surface area contributed by atoms with Crippen LogP contribution < -0.4 is 8.92 Å². The summed E-state index contributed by atoms with van der Waals surface area (Å²) in [5, 5.41) is 3.94. The molecule has 184 valence electrons. The van der Waals surface area contributed by atoms with E-state index in [-0.39, 0.29) is 28.6 Å². The lowest BCUT2D eigenvalue weighted by molar-refractivity contribution is -0.136. The van der Waals surface area contributed by atoms with Crippen LogP contribution in [0.25, 0.3) is 6.08 Å². The first-order valence-electron chi connectivity index (χ1n) is 11.3. The molecule has 8 heteroatoms. The lowest BCUT2D eigenvalue weighted by Gasteiger charge is -2.16. The van der Waals surface area contributed by atoms with E-state index < -0.39 is 16.1 Å². The van der Waals surface area contributed by atoms with Crippen molar-refractivity contribution in [3.05, 3.63) is 107 Å². The van der Waals surface area contributed by atoms with Crippen LogP contribution in [-0.4, -0.2) is 26.7 Å². The standard InChI is InChI=1S/C28H25NO6S/c1-4-9-22-16-20(17-24-26(29-34-28(24)30)21-10-7-6-8-11-21)18-25(33-5-2)27(22)35-36(31,32)23-14-12-19(3)13-15-23/h4,6-8,10-18H,1,5,9H2,2-3H3/b24-17-. The summed E-state index contributed by atoms with van der Waals surface area (Å²) in [5.74, 6) is -0.284. The summed E-state index contributed by atoms with van der Waals surface area (Å²) in [6.45, 7) is 7.70. The number of rotatable bonds is 9. The van der Waals surface area contributed by atoms with E-state index in [4.69, 9.17) is 13.8 Å². The van der Waals surface area contributed by atoms with E-state index in [1.54, 1.807) is 43.3 Å². The van der Waals surface area contributed by atoms with E-state index in [9.17, 15) is 13.2 Å². The number of nitrogens with zero attached hydrogens (tertiary/aromatic N) is 1. The highest BCUT2D eigenvalue weighted by molar-refractivity contribution is 7.87. The van der Waals surface area contributed by atoms with Gasteiger partial charge in [-0.15, -0.1) is 6.58 Å². The zero-order chi connectivity index (χ0) is 25.7. The highest BCUT2D eigenvalue weighted by atomic mass is 32.2. The minimum Gasteiger partial charge on any atom is -0.490 e. The van der Waals surface area contributed by atoms with Crippen molar-refractivity contribution in [3.63, 3.8) is 0 Å². The summed E-state index contributed by atoms with van der Waals surface area (Å²) < 4.78 is 37.4. The third-order valence-electron chi connectivity index (χ3n) is 5.37. The summed E-state index contributed by atoms with van der Waals surface area (Å²) in [5.41, 5.74) is 3.46. The topological polar surface area (TPSA) is 91.3 Å². The maximum absolute atomic E-state index is 13.0. The molecule has 0 aliphatic carbocycles. The normalized spacial score (nSPS) is 14.3. The zero-order valence-electron chi connectivity index (χ0n) is 19.9. The molecule has 7 nitrogen and oxygen atoms in total. The number of carbonyl (C=O) groups excluding carboxylic acids is 1. The minimum atomic E-state index is -4.12. The molecule has 3 aromatic rings. The van der Waals surface area contributed by atoms with E-state index >= 15 is 0 Å². The predicted molar refractivity (Wildman–Crippen MR) is 138 cm³/mol. The van der Waals surface area contributed by atoms with Gasteiger partial charge >= 0.3 is 16.1 Å². The Hall–Kier alpha value is -4.17. The van der Waals surface area contributed by atoms with Crippen LogP contribution in [0.5, 0.6) is 11.5 Å². The summed E-state index contributed by atoms with van der Waals surface area (Å²) in [6.07, 6.45) is 3.57. The van der Waals surface area contributed by atoms with Crippen LogP contribution in [0.2, 0.25) is 0 Å². The summed E-state index contributed by atoms with van der Waals surface area (Å²) in [6, 6.07) is 18.9. The molecule has 1 aliphatic heterocycles. The molecule has 1 heterocycles. The van der Waals surface area contributed by atoms with Gasteiger partial charge in [-0.25, -0.2) is 4.79 Å². The van der Waals surface area contributed by atoms with Gasteiger partial charge in [0.25, 0.3) is 0 Å². The molecule has 0 fully saturated rings. The van der Waals surface area contributed by atoms with Crippen molar-refractivity contribution in [1.29, 1.82) is 0 Å². The molecule has 0 atom stereocenters. The fraction of sp³-hybridized carbons (Fsp3) is 0.143. The fourth-order valence-corrected chi connectivity index (χ4v) is 4.65. The van der Waals surface area contributed by atoms with Crippen molar-refractivity contribution in [2.24, 2.45) is 5.16 Å². The van der Waals surface area contributed by atoms with Gasteiger partial charge in [-0.2, -0.15) is 8.42 Å². The molecule has 0 saturated heterocycles. The molecule has 0 amide bonds. The van der Waals surface area contributed by atoms with E-state index in [2.05, 4.69) is 11.7 Å². The van der Waals surface area contributed by atoms with Gasteiger partial charge in [0.15, 0.2) is 11.5 Å². The van der Waals surface area contributed by atoms with Gasteiger partial charge in [0, 0.05) is 11.1 Å². The van der Waals surface area contributed by atoms with Gasteiger partial charge in [0.05, 0.1) is 12.2 Å². The molecule has 0 aromatic heterocycles. The second kappa shape index (κ2) is 10.6. The first kappa shape index (κ1) is 24.9. The van der Waals surface area contributed by atoms with Crippen molar-refractivity contribution in [3.8, 4) is 11.5 Å². The quantitative estimate of drug-likeness (QED) is 0.172. The summed E-state index contributed by atoms with van der Waals surface area (Å²) in [7, 11) is -4.12. The Labute approximate surface area is 210 Å². The van der Waals surface area contributed by atoms with Crippen LogP contribution in [0.1, 0.15) is 29.2 Å². The maximum atomic E-state index is 13.0. The van der Waals surface area contributed by atoms with Crippen LogP contribution >= 0.6 is 0 Å². The van der Waals surface area contributed by atoms with Crippen molar-refractivity contribution >= 4 is 27.9 Å². The molecule has 4 rings (SSSR count). The number of benzene rings is 3. The predicted octanol–water partition coefficient (Wildman–Crippen LogP) is 5.23. The highest BCUT2D eigenvalue weighted by Gasteiger charge is 2.28. The third kappa shape index (κ3) is 5.39. The minimum absolute atomic E-state index is 0.0312. The van der Waals surface area contributed by atoms with E-state index in [0.717, 1.165) is 11.1 Å². The van der Waals surface area contributed by atoms with Crippen LogP contribution in [-0.2, 0) is 26.2 Å². The Bertz CT molecular complexity index is 1460.